The maximum absolute atomic E-state index is 13.3. The van der Waals surface area contributed by atoms with E-state index in [2.05, 4.69) is 9.97 Å². The fraction of sp³-hybridized carbons (Fsp3) is 0.235. The molecule has 1 N–H and O–H groups in total. The Morgan fingerprint density at radius 3 is 2.65 bits per heavy atom. The van der Waals surface area contributed by atoms with E-state index in [4.69, 9.17) is 16.3 Å². The number of thiophene rings is 1. The molecule has 0 saturated carbocycles. The van der Waals surface area contributed by atoms with Gasteiger partial charge in [-0.1, -0.05) is 11.6 Å². The molecule has 3 rings (SSSR count). The summed E-state index contributed by atoms with van der Waals surface area (Å²) in [7, 11) is 0. The second-order valence-electron chi connectivity index (χ2n) is 5.71. The number of hydrogen-bond donors (Lipinski definition) is 1. The fourth-order valence-electron chi connectivity index (χ4n) is 2.42. The normalized spacial score (nSPS) is 12.4. The van der Waals surface area contributed by atoms with Crippen molar-refractivity contribution in [2.24, 2.45) is 0 Å². The summed E-state index contributed by atoms with van der Waals surface area (Å²) in [6.07, 6.45) is -0.925. The van der Waals surface area contributed by atoms with Crippen LogP contribution in [0.15, 0.2) is 16.9 Å². The maximum atomic E-state index is 13.3. The molecule has 26 heavy (non-hydrogen) atoms. The Balaban J connectivity index is 1.92. The number of ether oxygens (including phenoxy) is 1. The molecule has 0 saturated heterocycles. The number of aryl methyl sites for hydroxylation is 2. The zero-order valence-corrected chi connectivity index (χ0v) is 15.5. The van der Waals surface area contributed by atoms with Gasteiger partial charge < -0.3 is 9.72 Å². The van der Waals surface area contributed by atoms with Crippen molar-refractivity contribution in [2.75, 3.05) is 0 Å². The summed E-state index contributed by atoms with van der Waals surface area (Å²) in [5.41, 5.74) is 0.202. The van der Waals surface area contributed by atoms with Gasteiger partial charge in [-0.2, -0.15) is 0 Å². The summed E-state index contributed by atoms with van der Waals surface area (Å²) < 4.78 is 31.7. The number of nitrogens with zero attached hydrogens (tertiary/aromatic N) is 1. The summed E-state index contributed by atoms with van der Waals surface area (Å²) in [5, 5.41) is 0.223. The Hall–Kier alpha value is -2.32. The first-order chi connectivity index (χ1) is 12.2. The van der Waals surface area contributed by atoms with Crippen LogP contribution in [0.2, 0.25) is 5.02 Å². The lowest BCUT2D eigenvalue weighted by molar-refractivity contribution is 0.0319. The third-order valence-electron chi connectivity index (χ3n) is 3.96. The van der Waals surface area contributed by atoms with Gasteiger partial charge in [0.15, 0.2) is 23.6 Å². The minimum absolute atomic E-state index is 0.149. The number of halogens is 3. The molecular formula is C17H13ClF2N2O3S. The van der Waals surface area contributed by atoms with Gasteiger partial charge in [0.2, 0.25) is 0 Å². The Bertz CT molecular complexity index is 1090. The van der Waals surface area contributed by atoms with E-state index in [9.17, 15) is 18.4 Å². The van der Waals surface area contributed by atoms with E-state index in [-0.39, 0.29) is 22.0 Å². The molecule has 0 aliphatic carbocycles. The zero-order chi connectivity index (χ0) is 19.2. The lowest BCUT2D eigenvalue weighted by Crippen LogP contribution is -2.17. The maximum Gasteiger partial charge on any atom is 0.340 e. The first-order valence-electron chi connectivity index (χ1n) is 7.54. The van der Waals surface area contributed by atoms with Gasteiger partial charge in [0, 0.05) is 4.88 Å². The second-order valence-corrected chi connectivity index (χ2v) is 7.32. The molecule has 0 amide bonds. The predicted octanol–water partition coefficient (Wildman–Crippen LogP) is 4.45. The number of hydrogen-bond acceptors (Lipinski definition) is 5. The van der Waals surface area contributed by atoms with Crippen LogP contribution in [0.5, 0.6) is 0 Å². The van der Waals surface area contributed by atoms with E-state index in [0.29, 0.717) is 22.3 Å². The molecule has 9 heteroatoms. The highest BCUT2D eigenvalue weighted by atomic mass is 35.5. The van der Waals surface area contributed by atoms with Gasteiger partial charge in [-0.15, -0.1) is 11.3 Å². The average Bonchev–Trinajstić information content (AvgIpc) is 2.85. The third kappa shape index (κ3) is 3.22. The number of fused-ring (bicyclic) bond motifs is 1. The summed E-state index contributed by atoms with van der Waals surface area (Å²) >= 11 is 7.13. The van der Waals surface area contributed by atoms with Gasteiger partial charge in [0.05, 0.1) is 16.0 Å². The van der Waals surface area contributed by atoms with Crippen LogP contribution in [0.4, 0.5) is 8.78 Å². The minimum atomic E-state index is -1.22. The molecule has 3 aromatic rings. The highest BCUT2D eigenvalue weighted by molar-refractivity contribution is 7.18. The molecule has 0 spiro atoms. The summed E-state index contributed by atoms with van der Waals surface area (Å²) in [5.74, 6) is -3.19. The van der Waals surface area contributed by atoms with Crippen LogP contribution in [0.3, 0.4) is 0 Å². The second kappa shape index (κ2) is 6.77. The summed E-state index contributed by atoms with van der Waals surface area (Å²) in [6, 6.07) is 1.36. The Labute approximate surface area is 155 Å². The highest BCUT2D eigenvalue weighted by Crippen LogP contribution is 2.28. The molecule has 0 fully saturated rings. The number of aromatic amines is 1. The molecule has 1 atom stereocenters. The van der Waals surface area contributed by atoms with Crippen LogP contribution in [-0.2, 0) is 4.74 Å². The van der Waals surface area contributed by atoms with Crippen molar-refractivity contribution in [1.29, 1.82) is 0 Å². The third-order valence-corrected chi connectivity index (χ3v) is 5.37. The van der Waals surface area contributed by atoms with E-state index < -0.39 is 23.7 Å². The number of H-pyrrole nitrogens is 1. The molecule has 0 unspecified atom stereocenters. The highest BCUT2D eigenvalue weighted by Gasteiger charge is 2.22. The minimum Gasteiger partial charge on any atom is -0.451 e. The number of carbonyl (C=O) groups is 1. The zero-order valence-electron chi connectivity index (χ0n) is 13.9. The lowest BCUT2D eigenvalue weighted by atomic mass is 10.2. The van der Waals surface area contributed by atoms with Crippen LogP contribution in [0, 0.1) is 25.5 Å². The lowest BCUT2D eigenvalue weighted by Gasteiger charge is -2.13. The largest absolute Gasteiger partial charge is 0.451 e. The molecular weight excluding hydrogens is 386 g/mol. The number of esters is 1. The molecule has 2 heterocycles. The molecule has 5 nitrogen and oxygen atoms in total. The van der Waals surface area contributed by atoms with Crippen LogP contribution in [-0.4, -0.2) is 15.9 Å². The van der Waals surface area contributed by atoms with E-state index in [0.717, 1.165) is 10.4 Å². The molecule has 0 aliphatic rings. The van der Waals surface area contributed by atoms with Crippen molar-refractivity contribution < 1.29 is 18.3 Å². The van der Waals surface area contributed by atoms with Crippen molar-refractivity contribution in [1.82, 2.24) is 9.97 Å². The van der Waals surface area contributed by atoms with E-state index >= 15 is 0 Å². The average molecular weight is 399 g/mol. The number of nitrogens with one attached hydrogen (secondary N) is 1. The van der Waals surface area contributed by atoms with Gasteiger partial charge in [-0.05, 0) is 38.5 Å². The van der Waals surface area contributed by atoms with Gasteiger partial charge in [0.1, 0.15) is 4.83 Å². The smallest absolute Gasteiger partial charge is 0.340 e. The topological polar surface area (TPSA) is 72.0 Å². The fourth-order valence-corrected chi connectivity index (χ4v) is 3.69. The van der Waals surface area contributed by atoms with Crippen LogP contribution >= 0.6 is 22.9 Å². The van der Waals surface area contributed by atoms with Gasteiger partial charge in [0.25, 0.3) is 5.56 Å². The van der Waals surface area contributed by atoms with Crippen molar-refractivity contribution in [3.63, 3.8) is 0 Å². The molecule has 1 aromatic carbocycles. The first kappa shape index (κ1) is 18.5. The van der Waals surface area contributed by atoms with E-state index in [1.807, 2.05) is 13.8 Å². The van der Waals surface area contributed by atoms with Crippen molar-refractivity contribution in [2.45, 2.75) is 26.9 Å². The van der Waals surface area contributed by atoms with E-state index in [1.165, 1.54) is 18.3 Å². The SMILES string of the molecule is Cc1sc2nc([C@H](C)OC(=O)c3cc(F)c(F)cc3Cl)[nH]c(=O)c2c1C. The molecule has 0 aliphatic heterocycles. The first-order valence-corrected chi connectivity index (χ1v) is 8.74. The number of rotatable bonds is 3. The number of aromatic nitrogens is 2. The Morgan fingerprint density at radius 1 is 1.31 bits per heavy atom. The number of carbonyl (C=O) groups excluding carboxylic acids is 1. The van der Waals surface area contributed by atoms with Crippen molar-refractivity contribution in [3.05, 3.63) is 61.0 Å². The Morgan fingerprint density at radius 2 is 1.96 bits per heavy atom. The van der Waals surface area contributed by atoms with Crippen LogP contribution in [0.1, 0.15) is 39.7 Å². The number of benzene rings is 1. The monoisotopic (exact) mass is 398 g/mol. The van der Waals surface area contributed by atoms with Gasteiger partial charge >= 0.3 is 5.97 Å². The van der Waals surface area contributed by atoms with E-state index in [1.54, 1.807) is 0 Å². The molecule has 136 valence electrons. The predicted molar refractivity (Wildman–Crippen MR) is 94.9 cm³/mol. The Kier molecular flexibility index (Phi) is 4.81. The van der Waals surface area contributed by atoms with Crippen molar-refractivity contribution in [3.8, 4) is 0 Å². The standard InChI is InChI=1S/C17H13ClF2N2O3S/c1-6-8(3)26-16-13(6)15(23)21-14(22-16)7(2)25-17(24)9-4-11(19)12(20)5-10(9)18/h4-5,7H,1-3H3,(H,21,22,23)/t7-/m0/s1. The van der Waals surface area contributed by atoms with Gasteiger partial charge in [-0.3, -0.25) is 4.79 Å². The quantitative estimate of drug-likeness (QED) is 0.522. The summed E-state index contributed by atoms with van der Waals surface area (Å²) in [6.45, 7) is 5.22. The van der Waals surface area contributed by atoms with Crippen molar-refractivity contribution >= 4 is 39.1 Å². The molecule has 0 radical (unpaired) electrons. The van der Waals surface area contributed by atoms with Gasteiger partial charge in [-0.25, -0.2) is 18.6 Å². The molecule has 2 aromatic heterocycles. The summed E-state index contributed by atoms with van der Waals surface area (Å²) in [4.78, 5) is 32.9. The molecule has 0 bridgehead atoms. The van der Waals surface area contributed by atoms with Crippen LogP contribution in [0.25, 0.3) is 10.2 Å². The van der Waals surface area contributed by atoms with Crippen LogP contribution < -0.4 is 5.56 Å².